The summed E-state index contributed by atoms with van der Waals surface area (Å²) in [6, 6.07) is 4.84. The lowest BCUT2D eigenvalue weighted by atomic mass is 9.96. The number of halogens is 2. The minimum absolute atomic E-state index is 0.0683. The van der Waals surface area contributed by atoms with Gasteiger partial charge in [0.2, 0.25) is 5.91 Å². The van der Waals surface area contributed by atoms with E-state index in [0.717, 1.165) is 32.5 Å². The SMILES string of the molecule is CNC(=O)CN1CCC(CN(C)Cc2ccc(Cl)cc2F)CC1. The molecule has 128 valence electrons. The zero-order chi connectivity index (χ0) is 16.8. The Hall–Kier alpha value is -1.17. The molecule has 4 nitrogen and oxygen atoms in total. The van der Waals surface area contributed by atoms with Crippen LogP contribution in [-0.2, 0) is 11.3 Å². The molecule has 23 heavy (non-hydrogen) atoms. The van der Waals surface area contributed by atoms with Crippen molar-refractivity contribution in [2.24, 2.45) is 5.92 Å². The second kappa shape index (κ2) is 8.62. The summed E-state index contributed by atoms with van der Waals surface area (Å²) in [7, 11) is 3.69. The third kappa shape index (κ3) is 5.75. The van der Waals surface area contributed by atoms with E-state index in [0.29, 0.717) is 29.6 Å². The quantitative estimate of drug-likeness (QED) is 0.863. The van der Waals surface area contributed by atoms with Crippen molar-refractivity contribution in [3.05, 3.63) is 34.6 Å². The summed E-state index contributed by atoms with van der Waals surface area (Å²) < 4.78 is 13.8. The van der Waals surface area contributed by atoms with E-state index in [1.807, 2.05) is 7.05 Å². The molecule has 1 saturated heterocycles. The summed E-state index contributed by atoms with van der Waals surface area (Å²) in [5, 5.41) is 3.09. The van der Waals surface area contributed by atoms with Crippen LogP contribution in [0.5, 0.6) is 0 Å². The number of amides is 1. The van der Waals surface area contributed by atoms with Crippen molar-refractivity contribution in [1.29, 1.82) is 0 Å². The molecule has 0 aliphatic carbocycles. The molecule has 0 saturated carbocycles. The molecule has 0 aromatic heterocycles. The standard InChI is InChI=1S/C17H25ClFN3O/c1-20-17(23)12-22-7-5-13(6-8-22)10-21(2)11-14-3-4-15(18)9-16(14)19/h3-4,9,13H,5-8,10-12H2,1-2H3,(H,20,23). The molecule has 0 unspecified atom stereocenters. The molecule has 0 spiro atoms. The van der Waals surface area contributed by atoms with E-state index in [2.05, 4.69) is 15.1 Å². The van der Waals surface area contributed by atoms with Gasteiger partial charge in [0.1, 0.15) is 5.82 Å². The second-order valence-electron chi connectivity index (χ2n) is 6.33. The molecular formula is C17H25ClFN3O. The number of hydrogen-bond donors (Lipinski definition) is 1. The van der Waals surface area contributed by atoms with Crippen molar-refractivity contribution >= 4 is 17.5 Å². The fourth-order valence-corrected chi connectivity index (χ4v) is 3.21. The molecule has 0 atom stereocenters. The van der Waals surface area contributed by atoms with Crippen molar-refractivity contribution in [3.63, 3.8) is 0 Å². The Morgan fingerprint density at radius 1 is 1.43 bits per heavy atom. The number of carbonyl (C=O) groups excluding carboxylic acids is 1. The molecule has 1 heterocycles. The van der Waals surface area contributed by atoms with Gasteiger partial charge in [-0.1, -0.05) is 17.7 Å². The first-order chi connectivity index (χ1) is 11.0. The van der Waals surface area contributed by atoms with Crippen LogP contribution in [0.15, 0.2) is 18.2 Å². The molecule has 1 aromatic rings. The number of piperidine rings is 1. The predicted octanol–water partition coefficient (Wildman–Crippen LogP) is 2.37. The van der Waals surface area contributed by atoms with E-state index in [1.54, 1.807) is 19.2 Å². The van der Waals surface area contributed by atoms with Crippen LogP contribution in [0, 0.1) is 11.7 Å². The zero-order valence-corrected chi connectivity index (χ0v) is 14.6. The average molecular weight is 342 g/mol. The molecule has 1 aliphatic rings. The number of rotatable bonds is 6. The number of nitrogens with one attached hydrogen (secondary N) is 1. The summed E-state index contributed by atoms with van der Waals surface area (Å²) in [4.78, 5) is 15.7. The van der Waals surface area contributed by atoms with Gasteiger partial charge in [-0.15, -0.1) is 0 Å². The van der Waals surface area contributed by atoms with E-state index in [9.17, 15) is 9.18 Å². The maximum absolute atomic E-state index is 13.8. The lowest BCUT2D eigenvalue weighted by molar-refractivity contribution is -0.122. The monoisotopic (exact) mass is 341 g/mol. The molecule has 0 radical (unpaired) electrons. The highest BCUT2D eigenvalue weighted by Gasteiger charge is 2.21. The van der Waals surface area contributed by atoms with Gasteiger partial charge in [0, 0.05) is 30.7 Å². The van der Waals surface area contributed by atoms with Gasteiger partial charge >= 0.3 is 0 Å². The minimum atomic E-state index is -0.246. The largest absolute Gasteiger partial charge is 0.358 e. The lowest BCUT2D eigenvalue weighted by Gasteiger charge is -2.33. The fourth-order valence-electron chi connectivity index (χ4n) is 3.06. The minimum Gasteiger partial charge on any atom is -0.358 e. The molecule has 1 fully saturated rings. The van der Waals surface area contributed by atoms with E-state index in [-0.39, 0.29) is 11.7 Å². The number of nitrogens with zero attached hydrogens (tertiary/aromatic N) is 2. The van der Waals surface area contributed by atoms with Gasteiger partial charge in [-0.3, -0.25) is 9.69 Å². The topological polar surface area (TPSA) is 35.6 Å². The number of benzene rings is 1. The first kappa shape index (κ1) is 18.2. The average Bonchev–Trinajstić information content (AvgIpc) is 2.52. The normalized spacial score (nSPS) is 16.7. The van der Waals surface area contributed by atoms with Crippen LogP contribution in [0.1, 0.15) is 18.4 Å². The lowest BCUT2D eigenvalue weighted by Crippen LogP contribution is -2.42. The van der Waals surface area contributed by atoms with Crippen LogP contribution in [0.3, 0.4) is 0 Å². The Morgan fingerprint density at radius 2 is 2.13 bits per heavy atom. The van der Waals surface area contributed by atoms with Crippen LogP contribution in [0.4, 0.5) is 4.39 Å². The van der Waals surface area contributed by atoms with Crippen LogP contribution in [-0.4, -0.2) is 56.0 Å². The highest BCUT2D eigenvalue weighted by atomic mass is 35.5. The fraction of sp³-hybridized carbons (Fsp3) is 0.588. The predicted molar refractivity (Wildman–Crippen MR) is 91.0 cm³/mol. The zero-order valence-electron chi connectivity index (χ0n) is 13.8. The highest BCUT2D eigenvalue weighted by molar-refractivity contribution is 6.30. The smallest absolute Gasteiger partial charge is 0.233 e. The summed E-state index contributed by atoms with van der Waals surface area (Å²) in [6.07, 6.45) is 2.15. The number of carbonyl (C=O) groups is 1. The van der Waals surface area contributed by atoms with Gasteiger partial charge in [-0.05, 0) is 51.0 Å². The van der Waals surface area contributed by atoms with Gasteiger partial charge in [0.05, 0.1) is 6.54 Å². The van der Waals surface area contributed by atoms with Crippen molar-refractivity contribution < 1.29 is 9.18 Å². The van der Waals surface area contributed by atoms with Gasteiger partial charge in [0.25, 0.3) is 0 Å². The highest BCUT2D eigenvalue weighted by Crippen LogP contribution is 2.20. The molecule has 0 bridgehead atoms. The molecular weight excluding hydrogens is 317 g/mol. The number of likely N-dealkylation sites (tertiary alicyclic amines) is 1. The second-order valence-corrected chi connectivity index (χ2v) is 6.76. The third-order valence-corrected chi connectivity index (χ3v) is 4.61. The number of hydrogen-bond acceptors (Lipinski definition) is 3. The Kier molecular flexibility index (Phi) is 6.81. The Labute approximate surface area is 142 Å². The molecule has 6 heteroatoms. The van der Waals surface area contributed by atoms with Gasteiger partial charge in [-0.25, -0.2) is 4.39 Å². The summed E-state index contributed by atoms with van der Waals surface area (Å²) >= 11 is 5.78. The van der Waals surface area contributed by atoms with Crippen LogP contribution < -0.4 is 5.32 Å². The van der Waals surface area contributed by atoms with Crippen LogP contribution in [0.2, 0.25) is 5.02 Å². The van der Waals surface area contributed by atoms with Gasteiger partial charge < -0.3 is 10.2 Å². The maximum atomic E-state index is 13.8. The van der Waals surface area contributed by atoms with Gasteiger partial charge in [-0.2, -0.15) is 0 Å². The molecule has 1 aliphatic heterocycles. The van der Waals surface area contributed by atoms with E-state index < -0.39 is 0 Å². The maximum Gasteiger partial charge on any atom is 0.233 e. The van der Waals surface area contributed by atoms with Crippen molar-refractivity contribution in [1.82, 2.24) is 15.1 Å². The van der Waals surface area contributed by atoms with Crippen LogP contribution in [0.25, 0.3) is 0 Å². The Balaban J connectivity index is 1.76. The summed E-state index contributed by atoms with van der Waals surface area (Å²) in [5.74, 6) is 0.417. The first-order valence-corrected chi connectivity index (χ1v) is 8.41. The van der Waals surface area contributed by atoms with Crippen molar-refractivity contribution in [3.8, 4) is 0 Å². The Bertz CT molecular complexity index is 533. The van der Waals surface area contributed by atoms with Crippen molar-refractivity contribution in [2.45, 2.75) is 19.4 Å². The third-order valence-electron chi connectivity index (χ3n) is 4.38. The van der Waals surface area contributed by atoms with Crippen molar-refractivity contribution in [2.75, 3.05) is 40.3 Å². The first-order valence-electron chi connectivity index (χ1n) is 8.03. The van der Waals surface area contributed by atoms with E-state index >= 15 is 0 Å². The molecule has 2 rings (SSSR count). The van der Waals surface area contributed by atoms with E-state index in [4.69, 9.17) is 11.6 Å². The molecule has 1 amide bonds. The summed E-state index contributed by atoms with van der Waals surface area (Å²) in [5.41, 5.74) is 0.675. The molecule has 1 aromatic carbocycles. The van der Waals surface area contributed by atoms with Gasteiger partial charge in [0.15, 0.2) is 0 Å². The number of likely N-dealkylation sites (N-methyl/N-ethyl adjacent to an activating group) is 1. The van der Waals surface area contributed by atoms with Crippen LogP contribution >= 0.6 is 11.6 Å². The van der Waals surface area contributed by atoms with E-state index in [1.165, 1.54) is 6.07 Å². The Morgan fingerprint density at radius 3 is 2.74 bits per heavy atom. The molecule has 1 N–H and O–H groups in total. The summed E-state index contributed by atoms with van der Waals surface area (Å²) in [6.45, 7) is 3.90.